The summed E-state index contributed by atoms with van der Waals surface area (Å²) in [6.45, 7) is 2.61. The van der Waals surface area contributed by atoms with Crippen LogP contribution in [0.2, 0.25) is 0 Å². The molecule has 31 heavy (non-hydrogen) atoms. The summed E-state index contributed by atoms with van der Waals surface area (Å²) in [6, 6.07) is 7.54. The molecule has 0 unspecified atom stereocenters. The molecule has 0 aliphatic heterocycles. The molecule has 2 aliphatic carbocycles. The molecule has 3 aromatic rings. The molecule has 2 aliphatic rings. The SMILES string of the molecule is Cc1nc(NCC2CC2)nc(N[C@@H]2C[C@H](CO)[C@@H](O)[C@@H]2O)c1-c1nc2ccccc2s1. The van der Waals surface area contributed by atoms with E-state index >= 15 is 0 Å². The summed E-state index contributed by atoms with van der Waals surface area (Å²) in [5.41, 5.74) is 2.51. The van der Waals surface area contributed by atoms with Crippen LogP contribution >= 0.6 is 11.3 Å². The van der Waals surface area contributed by atoms with E-state index in [1.54, 1.807) is 11.3 Å². The second-order valence-corrected chi connectivity index (χ2v) is 9.61. The zero-order valence-electron chi connectivity index (χ0n) is 17.3. The number of hydrogen-bond acceptors (Lipinski definition) is 9. The Morgan fingerprint density at radius 1 is 1.10 bits per heavy atom. The Kier molecular flexibility index (Phi) is 5.51. The summed E-state index contributed by atoms with van der Waals surface area (Å²) in [6.07, 6.45) is 0.958. The van der Waals surface area contributed by atoms with Gasteiger partial charge in [0.15, 0.2) is 0 Å². The Balaban J connectivity index is 1.52. The zero-order valence-corrected chi connectivity index (χ0v) is 18.1. The van der Waals surface area contributed by atoms with Crippen LogP contribution in [0.3, 0.4) is 0 Å². The quantitative estimate of drug-likeness (QED) is 0.379. The molecule has 5 rings (SSSR count). The van der Waals surface area contributed by atoms with Gasteiger partial charge in [-0.15, -0.1) is 11.3 Å². The average Bonchev–Trinajstić information content (AvgIpc) is 3.44. The van der Waals surface area contributed by atoms with Crippen molar-refractivity contribution in [2.75, 3.05) is 23.8 Å². The van der Waals surface area contributed by atoms with E-state index in [1.165, 1.54) is 12.8 Å². The number of nitrogens with zero attached hydrogens (tertiary/aromatic N) is 3. The summed E-state index contributed by atoms with van der Waals surface area (Å²) in [4.78, 5) is 14.2. The van der Waals surface area contributed by atoms with Crippen LogP contribution in [0.1, 0.15) is 25.0 Å². The van der Waals surface area contributed by atoms with E-state index in [0.717, 1.165) is 33.0 Å². The van der Waals surface area contributed by atoms with Crippen LogP contribution < -0.4 is 10.6 Å². The van der Waals surface area contributed by atoms with Crippen molar-refractivity contribution in [3.63, 3.8) is 0 Å². The predicted octanol–water partition coefficient (Wildman–Crippen LogP) is 2.40. The predicted molar refractivity (Wildman–Crippen MR) is 121 cm³/mol. The van der Waals surface area contributed by atoms with Crippen molar-refractivity contribution in [2.24, 2.45) is 11.8 Å². The van der Waals surface area contributed by atoms with Gasteiger partial charge in [-0.2, -0.15) is 4.98 Å². The smallest absolute Gasteiger partial charge is 0.224 e. The van der Waals surface area contributed by atoms with Gasteiger partial charge in [-0.05, 0) is 44.2 Å². The molecule has 2 fully saturated rings. The van der Waals surface area contributed by atoms with Gasteiger partial charge in [0.1, 0.15) is 16.9 Å². The maximum absolute atomic E-state index is 10.5. The van der Waals surface area contributed by atoms with E-state index < -0.39 is 18.2 Å². The minimum Gasteiger partial charge on any atom is -0.396 e. The minimum atomic E-state index is -0.987. The number of aryl methyl sites for hydroxylation is 1. The first kappa shape index (κ1) is 20.6. The highest BCUT2D eigenvalue weighted by molar-refractivity contribution is 7.21. The standard InChI is InChI=1S/C22H27N5O3S/c1-11-17(21-26-14-4-2-3-5-16(14)31-21)20(27-22(24-11)23-9-12-6-7-12)25-15-8-13(10-28)18(29)19(15)30/h2-5,12-13,15,18-19,28-30H,6-10H2,1H3,(H2,23,24,25,27)/t13-,15-,18-,19-/m1/s1. The second kappa shape index (κ2) is 8.31. The molecule has 8 nitrogen and oxygen atoms in total. The number of rotatable bonds is 7. The van der Waals surface area contributed by atoms with Crippen LogP contribution in [-0.4, -0.2) is 61.7 Å². The summed E-state index contributed by atoms with van der Waals surface area (Å²) >= 11 is 1.57. The van der Waals surface area contributed by atoms with Gasteiger partial charge in [0.25, 0.3) is 0 Å². The van der Waals surface area contributed by atoms with Crippen LogP contribution in [0.4, 0.5) is 11.8 Å². The number of aromatic nitrogens is 3. The highest BCUT2D eigenvalue weighted by atomic mass is 32.1. The van der Waals surface area contributed by atoms with E-state index in [9.17, 15) is 15.3 Å². The molecule has 9 heteroatoms. The second-order valence-electron chi connectivity index (χ2n) is 8.58. The number of thiazole rings is 1. The lowest BCUT2D eigenvalue weighted by atomic mass is 10.1. The molecule has 0 amide bonds. The first-order chi connectivity index (χ1) is 15.0. The summed E-state index contributed by atoms with van der Waals surface area (Å²) in [5.74, 6) is 1.44. The van der Waals surface area contributed by atoms with Crippen molar-refractivity contribution in [2.45, 2.75) is 44.4 Å². The van der Waals surface area contributed by atoms with E-state index in [4.69, 9.17) is 9.97 Å². The number of hydrogen-bond donors (Lipinski definition) is 5. The normalized spacial score (nSPS) is 25.8. The van der Waals surface area contributed by atoms with E-state index in [0.29, 0.717) is 24.1 Å². The molecule has 2 aromatic heterocycles. The number of aliphatic hydroxyl groups is 3. The lowest BCUT2D eigenvalue weighted by molar-refractivity contribution is 0.00446. The van der Waals surface area contributed by atoms with Gasteiger partial charge in [-0.3, -0.25) is 0 Å². The molecule has 5 N–H and O–H groups in total. The summed E-state index contributed by atoms with van der Waals surface area (Å²) in [7, 11) is 0. The van der Waals surface area contributed by atoms with Crippen LogP contribution in [-0.2, 0) is 0 Å². The molecule has 0 bridgehead atoms. The monoisotopic (exact) mass is 441 g/mol. The molecular weight excluding hydrogens is 414 g/mol. The Morgan fingerprint density at radius 2 is 1.90 bits per heavy atom. The van der Waals surface area contributed by atoms with E-state index in [2.05, 4.69) is 15.6 Å². The minimum absolute atomic E-state index is 0.169. The fourth-order valence-electron chi connectivity index (χ4n) is 4.17. The molecule has 1 aromatic carbocycles. The van der Waals surface area contributed by atoms with Gasteiger partial charge in [0.2, 0.25) is 5.95 Å². The van der Waals surface area contributed by atoms with Crippen molar-refractivity contribution in [3.05, 3.63) is 30.0 Å². The molecule has 0 spiro atoms. The van der Waals surface area contributed by atoms with Crippen molar-refractivity contribution in [1.29, 1.82) is 0 Å². The number of para-hydroxylation sites is 1. The first-order valence-corrected chi connectivity index (χ1v) is 11.6. The maximum Gasteiger partial charge on any atom is 0.224 e. The van der Waals surface area contributed by atoms with Gasteiger partial charge in [-0.1, -0.05) is 12.1 Å². The summed E-state index contributed by atoms with van der Waals surface area (Å²) < 4.78 is 1.08. The highest BCUT2D eigenvalue weighted by Gasteiger charge is 2.41. The lowest BCUT2D eigenvalue weighted by Gasteiger charge is -2.21. The van der Waals surface area contributed by atoms with Crippen LogP contribution in [0.5, 0.6) is 0 Å². The topological polar surface area (TPSA) is 123 Å². The molecule has 164 valence electrons. The molecule has 0 saturated heterocycles. The van der Waals surface area contributed by atoms with Crippen molar-refractivity contribution in [1.82, 2.24) is 15.0 Å². The number of nitrogens with one attached hydrogen (secondary N) is 2. The van der Waals surface area contributed by atoms with Crippen molar-refractivity contribution < 1.29 is 15.3 Å². The molecule has 2 heterocycles. The fourth-order valence-corrected chi connectivity index (χ4v) is 5.24. The Hall–Kier alpha value is -2.33. The highest BCUT2D eigenvalue weighted by Crippen LogP contribution is 2.38. The van der Waals surface area contributed by atoms with Crippen LogP contribution in [0, 0.1) is 18.8 Å². The van der Waals surface area contributed by atoms with Crippen LogP contribution in [0.15, 0.2) is 24.3 Å². The summed E-state index contributed by atoms with van der Waals surface area (Å²) in [5, 5.41) is 37.8. The number of fused-ring (bicyclic) bond motifs is 1. The number of aliphatic hydroxyl groups excluding tert-OH is 3. The van der Waals surface area contributed by atoms with Gasteiger partial charge in [0, 0.05) is 19.1 Å². The largest absolute Gasteiger partial charge is 0.396 e. The lowest BCUT2D eigenvalue weighted by Crippen LogP contribution is -2.35. The molecule has 2 saturated carbocycles. The molecular formula is C22H27N5O3S. The molecule has 0 radical (unpaired) electrons. The van der Waals surface area contributed by atoms with E-state index in [1.807, 2.05) is 31.2 Å². The van der Waals surface area contributed by atoms with Gasteiger partial charge < -0.3 is 26.0 Å². The third-order valence-corrected chi connectivity index (χ3v) is 7.26. The number of anilines is 2. The Labute approximate surface area is 184 Å². The Bertz CT molecular complexity index is 1050. The first-order valence-electron chi connectivity index (χ1n) is 10.8. The van der Waals surface area contributed by atoms with Crippen molar-refractivity contribution >= 4 is 33.3 Å². The van der Waals surface area contributed by atoms with Crippen LogP contribution in [0.25, 0.3) is 20.8 Å². The number of benzene rings is 1. The van der Waals surface area contributed by atoms with Gasteiger partial charge in [0.05, 0.1) is 33.6 Å². The third kappa shape index (κ3) is 4.10. The van der Waals surface area contributed by atoms with Gasteiger partial charge in [-0.25, -0.2) is 9.97 Å². The van der Waals surface area contributed by atoms with Gasteiger partial charge >= 0.3 is 0 Å². The third-order valence-electron chi connectivity index (χ3n) is 6.20. The van der Waals surface area contributed by atoms with Crippen molar-refractivity contribution in [3.8, 4) is 10.6 Å². The van der Waals surface area contributed by atoms with E-state index in [-0.39, 0.29) is 12.5 Å². The molecule has 4 atom stereocenters. The maximum atomic E-state index is 10.5. The Morgan fingerprint density at radius 3 is 2.61 bits per heavy atom. The zero-order chi connectivity index (χ0) is 21.5. The average molecular weight is 442 g/mol. The fraction of sp³-hybridized carbons (Fsp3) is 0.500.